The summed E-state index contributed by atoms with van der Waals surface area (Å²) < 4.78 is 0. The lowest BCUT2D eigenvalue weighted by atomic mass is 10.4. The van der Waals surface area contributed by atoms with Gasteiger partial charge in [-0.05, 0) is 11.4 Å². The minimum absolute atomic E-state index is 0.579. The van der Waals surface area contributed by atoms with Crippen molar-refractivity contribution < 1.29 is 0 Å². The third-order valence-corrected chi connectivity index (χ3v) is 1.56. The number of rotatable bonds is 0. The lowest BCUT2D eigenvalue weighted by Gasteiger charge is -1.78. The fraction of sp³-hybridized carbons (Fsp3) is 0. The van der Waals surface area contributed by atoms with Crippen molar-refractivity contribution in [1.29, 1.82) is 10.7 Å². The molecule has 0 aromatic carbocycles. The van der Waals surface area contributed by atoms with Crippen molar-refractivity contribution in [2.75, 3.05) is 5.73 Å². The number of nitrogens with two attached hydrogens (primary N) is 2. The SMILES string of the molecule is N#Cc1ccsc1N.N=CN. The number of nitriles is 1. The van der Waals surface area contributed by atoms with Gasteiger partial charge in [0.2, 0.25) is 0 Å². The lowest BCUT2D eigenvalue weighted by molar-refractivity contribution is 1.51. The summed E-state index contributed by atoms with van der Waals surface area (Å²) in [5, 5.41) is 16.5. The molecule has 0 atom stereocenters. The molecule has 0 aliphatic carbocycles. The molecule has 1 rings (SSSR count). The molecule has 0 bridgehead atoms. The van der Waals surface area contributed by atoms with Crippen molar-refractivity contribution in [2.24, 2.45) is 5.73 Å². The summed E-state index contributed by atoms with van der Waals surface area (Å²) in [5.74, 6) is 0. The molecular weight excluding hydrogens is 160 g/mol. The largest absolute Gasteiger partial charge is 0.390 e. The van der Waals surface area contributed by atoms with Crippen LogP contribution in [0.5, 0.6) is 0 Å². The number of nitrogens with zero attached hydrogens (tertiary/aromatic N) is 1. The van der Waals surface area contributed by atoms with E-state index >= 15 is 0 Å². The Balaban J connectivity index is 0.000000292. The van der Waals surface area contributed by atoms with Crippen LogP contribution in [0.25, 0.3) is 0 Å². The maximum atomic E-state index is 8.28. The standard InChI is InChI=1S/C5H4N2S.CH4N2/c6-3-4-1-2-8-5(4)7;2-1-3/h1-2H,7H2;1H,(H3,2,3). The molecule has 0 saturated heterocycles. The van der Waals surface area contributed by atoms with Crippen molar-refractivity contribution in [2.45, 2.75) is 0 Å². The Morgan fingerprint density at radius 1 is 1.73 bits per heavy atom. The van der Waals surface area contributed by atoms with Crippen LogP contribution < -0.4 is 11.5 Å². The van der Waals surface area contributed by atoms with Crippen molar-refractivity contribution in [3.8, 4) is 6.07 Å². The van der Waals surface area contributed by atoms with Gasteiger partial charge in [0.1, 0.15) is 11.1 Å². The van der Waals surface area contributed by atoms with Gasteiger partial charge in [0.05, 0.1) is 11.9 Å². The Labute approximate surface area is 68.6 Å². The molecule has 1 aromatic heterocycles. The van der Waals surface area contributed by atoms with Gasteiger partial charge in [-0.1, -0.05) is 0 Å². The van der Waals surface area contributed by atoms with Crippen molar-refractivity contribution in [3.05, 3.63) is 17.0 Å². The Kier molecular flexibility index (Phi) is 4.52. The highest BCUT2D eigenvalue weighted by Gasteiger charge is 1.94. The van der Waals surface area contributed by atoms with Gasteiger partial charge in [-0.25, -0.2) is 0 Å². The molecule has 0 radical (unpaired) electrons. The fourth-order valence-corrected chi connectivity index (χ4v) is 1.00. The van der Waals surface area contributed by atoms with Gasteiger partial charge < -0.3 is 11.5 Å². The highest BCUT2D eigenvalue weighted by molar-refractivity contribution is 7.14. The van der Waals surface area contributed by atoms with E-state index in [1.54, 1.807) is 11.4 Å². The molecule has 0 aliphatic rings. The molecule has 0 aliphatic heterocycles. The summed E-state index contributed by atoms with van der Waals surface area (Å²) in [6.45, 7) is 0. The van der Waals surface area contributed by atoms with Crippen molar-refractivity contribution >= 4 is 22.7 Å². The van der Waals surface area contributed by atoms with Gasteiger partial charge in [0, 0.05) is 0 Å². The van der Waals surface area contributed by atoms with Crippen LogP contribution in [0.1, 0.15) is 5.56 Å². The summed E-state index contributed by atoms with van der Waals surface area (Å²) in [6.07, 6.45) is 0.750. The highest BCUT2D eigenvalue weighted by Crippen LogP contribution is 2.16. The second-order valence-electron chi connectivity index (χ2n) is 1.48. The Bertz CT molecular complexity index is 260. The van der Waals surface area contributed by atoms with Crippen LogP contribution in [0.4, 0.5) is 5.00 Å². The predicted molar refractivity (Wildman–Crippen MR) is 46.4 cm³/mol. The van der Waals surface area contributed by atoms with E-state index in [2.05, 4.69) is 5.73 Å². The molecule has 4 nitrogen and oxygen atoms in total. The number of nitrogen functional groups attached to an aromatic ring is 1. The molecule has 0 unspecified atom stereocenters. The summed E-state index contributed by atoms with van der Waals surface area (Å²) >= 11 is 1.38. The summed E-state index contributed by atoms with van der Waals surface area (Å²) in [6, 6.07) is 3.67. The Morgan fingerprint density at radius 3 is 2.45 bits per heavy atom. The number of nitrogens with one attached hydrogen (secondary N) is 1. The Morgan fingerprint density at radius 2 is 2.27 bits per heavy atom. The minimum atomic E-state index is 0.579. The molecule has 58 valence electrons. The second kappa shape index (κ2) is 5.26. The maximum Gasteiger partial charge on any atom is 0.104 e. The topological polar surface area (TPSA) is 99.7 Å². The Hall–Kier alpha value is -1.54. The second-order valence-corrected chi connectivity index (χ2v) is 2.42. The smallest absolute Gasteiger partial charge is 0.104 e. The average molecular weight is 168 g/mol. The molecule has 1 heterocycles. The quantitative estimate of drug-likeness (QED) is 0.393. The van der Waals surface area contributed by atoms with E-state index in [1.807, 2.05) is 6.07 Å². The van der Waals surface area contributed by atoms with E-state index < -0.39 is 0 Å². The average Bonchev–Trinajstić information content (AvgIpc) is 2.36. The highest BCUT2D eigenvalue weighted by atomic mass is 32.1. The van der Waals surface area contributed by atoms with Crippen LogP contribution >= 0.6 is 11.3 Å². The van der Waals surface area contributed by atoms with Gasteiger partial charge in [0.25, 0.3) is 0 Å². The fourth-order valence-electron chi connectivity index (χ4n) is 0.413. The summed E-state index contributed by atoms with van der Waals surface area (Å²) in [5.41, 5.74) is 10.3. The monoisotopic (exact) mass is 168 g/mol. The van der Waals surface area contributed by atoms with E-state index in [0.717, 1.165) is 6.34 Å². The first-order valence-electron chi connectivity index (χ1n) is 2.70. The zero-order valence-electron chi connectivity index (χ0n) is 5.74. The van der Waals surface area contributed by atoms with Gasteiger partial charge in [-0.3, -0.25) is 5.41 Å². The first kappa shape index (κ1) is 9.46. The molecule has 11 heavy (non-hydrogen) atoms. The normalized spacial score (nSPS) is 7.18. The summed E-state index contributed by atoms with van der Waals surface area (Å²) in [4.78, 5) is 0. The first-order valence-corrected chi connectivity index (χ1v) is 3.58. The number of hydrogen-bond donors (Lipinski definition) is 3. The third-order valence-electron chi connectivity index (χ3n) is 0.816. The first-order chi connectivity index (χ1) is 5.26. The van der Waals surface area contributed by atoms with Crippen LogP contribution in [0.15, 0.2) is 11.4 Å². The summed E-state index contributed by atoms with van der Waals surface area (Å²) in [7, 11) is 0. The lowest BCUT2D eigenvalue weighted by Crippen LogP contribution is -1.81. The van der Waals surface area contributed by atoms with E-state index in [0.29, 0.717) is 10.6 Å². The number of anilines is 1. The third kappa shape index (κ3) is 3.23. The van der Waals surface area contributed by atoms with Gasteiger partial charge >= 0.3 is 0 Å². The van der Waals surface area contributed by atoms with E-state index in [-0.39, 0.29) is 0 Å². The van der Waals surface area contributed by atoms with E-state index in [9.17, 15) is 0 Å². The maximum absolute atomic E-state index is 8.28. The van der Waals surface area contributed by atoms with E-state index in [4.69, 9.17) is 16.4 Å². The van der Waals surface area contributed by atoms with Crippen molar-refractivity contribution in [1.82, 2.24) is 0 Å². The van der Waals surface area contributed by atoms with Crippen LogP contribution in [0, 0.1) is 16.7 Å². The zero-order chi connectivity index (χ0) is 8.69. The van der Waals surface area contributed by atoms with Crippen LogP contribution in [0.2, 0.25) is 0 Å². The molecule has 5 N–H and O–H groups in total. The predicted octanol–water partition coefficient (Wildman–Crippen LogP) is 0.754. The van der Waals surface area contributed by atoms with Crippen LogP contribution in [-0.2, 0) is 0 Å². The zero-order valence-corrected chi connectivity index (χ0v) is 6.56. The van der Waals surface area contributed by atoms with Gasteiger partial charge in [0.15, 0.2) is 0 Å². The molecule has 0 saturated carbocycles. The number of thiophene rings is 1. The van der Waals surface area contributed by atoms with Gasteiger partial charge in [-0.2, -0.15) is 5.26 Å². The van der Waals surface area contributed by atoms with Crippen molar-refractivity contribution in [3.63, 3.8) is 0 Å². The molecular formula is C6H8N4S. The van der Waals surface area contributed by atoms with Crippen LogP contribution in [0.3, 0.4) is 0 Å². The molecule has 0 spiro atoms. The molecule has 1 aromatic rings. The van der Waals surface area contributed by atoms with Crippen LogP contribution in [-0.4, -0.2) is 6.34 Å². The molecule has 0 fully saturated rings. The number of hydrogen-bond acceptors (Lipinski definition) is 4. The van der Waals surface area contributed by atoms with Gasteiger partial charge in [-0.15, -0.1) is 11.3 Å². The molecule has 0 amide bonds. The van der Waals surface area contributed by atoms with E-state index in [1.165, 1.54) is 11.3 Å². The minimum Gasteiger partial charge on any atom is -0.390 e. The molecule has 5 heteroatoms.